The van der Waals surface area contributed by atoms with E-state index in [1.54, 1.807) is 29.5 Å². The first kappa shape index (κ1) is 13.1. The predicted molar refractivity (Wildman–Crippen MR) is 74.2 cm³/mol. The first-order valence-corrected chi connectivity index (χ1v) is 6.78. The number of carbonyl (C=O) groups excluding carboxylic acids is 1. The lowest BCUT2D eigenvalue weighted by Gasteiger charge is -2.07. The monoisotopic (exact) mass is 280 g/mol. The van der Waals surface area contributed by atoms with Crippen molar-refractivity contribution in [3.05, 3.63) is 50.4 Å². The molecule has 0 aliphatic rings. The first-order chi connectivity index (χ1) is 8.58. The molecule has 1 amide bonds. The van der Waals surface area contributed by atoms with Crippen LogP contribution >= 0.6 is 22.9 Å². The Morgan fingerprint density at radius 3 is 2.89 bits per heavy atom. The molecule has 0 saturated carbocycles. The van der Waals surface area contributed by atoms with Crippen LogP contribution in [0.1, 0.15) is 26.6 Å². The molecule has 18 heavy (non-hydrogen) atoms. The van der Waals surface area contributed by atoms with Crippen molar-refractivity contribution in [2.75, 3.05) is 0 Å². The Kier molecular flexibility index (Phi) is 3.99. The van der Waals surface area contributed by atoms with E-state index in [-0.39, 0.29) is 5.91 Å². The van der Waals surface area contributed by atoms with E-state index in [1.807, 2.05) is 19.2 Å². The second kappa shape index (κ2) is 5.50. The third kappa shape index (κ3) is 2.89. The number of nitrogens with one attached hydrogen (secondary N) is 1. The summed E-state index contributed by atoms with van der Waals surface area (Å²) < 4.78 is 0. The lowest BCUT2D eigenvalue weighted by atomic mass is 10.1. The molecular formula is C13H13ClN2OS. The Bertz CT molecular complexity index is 580. The van der Waals surface area contributed by atoms with E-state index in [9.17, 15) is 4.79 Å². The molecule has 0 unspecified atom stereocenters. The molecule has 0 aliphatic heterocycles. The number of benzene rings is 1. The normalized spacial score (nSPS) is 10.4. The number of hydrogen-bond acceptors (Lipinski definition) is 3. The van der Waals surface area contributed by atoms with Crippen LogP contribution in [0.4, 0.5) is 0 Å². The van der Waals surface area contributed by atoms with Crippen molar-refractivity contribution < 1.29 is 4.79 Å². The maximum Gasteiger partial charge on any atom is 0.251 e. The molecule has 1 N–H and O–H groups in total. The fourth-order valence-corrected chi connectivity index (χ4v) is 2.47. The van der Waals surface area contributed by atoms with Gasteiger partial charge in [-0.3, -0.25) is 4.79 Å². The van der Waals surface area contributed by atoms with Crippen LogP contribution in [0.15, 0.2) is 23.6 Å². The van der Waals surface area contributed by atoms with Gasteiger partial charge in [-0.25, -0.2) is 4.98 Å². The van der Waals surface area contributed by atoms with Gasteiger partial charge in [0.2, 0.25) is 0 Å². The van der Waals surface area contributed by atoms with Gasteiger partial charge in [-0.1, -0.05) is 17.7 Å². The van der Waals surface area contributed by atoms with Crippen molar-refractivity contribution >= 4 is 28.8 Å². The number of thiazole rings is 1. The lowest BCUT2D eigenvalue weighted by Crippen LogP contribution is -2.23. The number of nitrogens with zero attached hydrogens (tertiary/aromatic N) is 1. The molecule has 5 heteroatoms. The van der Waals surface area contributed by atoms with E-state index in [2.05, 4.69) is 10.3 Å². The summed E-state index contributed by atoms with van der Waals surface area (Å²) in [6, 6.07) is 5.32. The smallest absolute Gasteiger partial charge is 0.251 e. The molecule has 94 valence electrons. The molecule has 2 aromatic rings. The predicted octanol–water partition coefficient (Wildman–Crippen LogP) is 3.34. The topological polar surface area (TPSA) is 42.0 Å². The van der Waals surface area contributed by atoms with Crippen molar-refractivity contribution in [3.63, 3.8) is 0 Å². The summed E-state index contributed by atoms with van der Waals surface area (Å²) in [6.07, 6.45) is 0. The van der Waals surface area contributed by atoms with Crippen molar-refractivity contribution in [1.29, 1.82) is 0 Å². The van der Waals surface area contributed by atoms with Gasteiger partial charge in [-0.15, -0.1) is 11.3 Å². The van der Waals surface area contributed by atoms with Crippen molar-refractivity contribution in [1.82, 2.24) is 10.3 Å². The quantitative estimate of drug-likeness (QED) is 0.937. The van der Waals surface area contributed by atoms with Crippen molar-refractivity contribution in [3.8, 4) is 0 Å². The highest BCUT2D eigenvalue weighted by Crippen LogP contribution is 2.18. The number of aryl methyl sites for hydroxylation is 1. The largest absolute Gasteiger partial charge is 0.346 e. The Labute approximate surface area is 115 Å². The highest BCUT2D eigenvalue weighted by atomic mass is 35.5. The molecule has 0 bridgehead atoms. The average molecular weight is 281 g/mol. The minimum absolute atomic E-state index is 0.122. The van der Waals surface area contributed by atoms with Crippen LogP contribution in [0.5, 0.6) is 0 Å². The second-order valence-electron chi connectivity index (χ2n) is 3.98. The van der Waals surface area contributed by atoms with Crippen LogP contribution < -0.4 is 5.32 Å². The summed E-state index contributed by atoms with van der Waals surface area (Å²) in [5.74, 6) is -0.122. The fourth-order valence-electron chi connectivity index (χ4n) is 1.59. The summed E-state index contributed by atoms with van der Waals surface area (Å²) >= 11 is 7.53. The molecule has 2 rings (SSSR count). The van der Waals surface area contributed by atoms with E-state index < -0.39 is 0 Å². The molecule has 0 atom stereocenters. The summed E-state index contributed by atoms with van der Waals surface area (Å²) in [5, 5.41) is 6.32. The number of aromatic nitrogens is 1. The molecule has 0 radical (unpaired) electrons. The second-order valence-corrected chi connectivity index (χ2v) is 5.33. The SMILES string of the molecule is Cc1csc(CNC(=O)c2cccc(Cl)c2C)n1. The third-order valence-corrected chi connectivity index (χ3v) is 3.96. The Balaban J connectivity index is 2.06. The molecule has 0 fully saturated rings. The zero-order valence-corrected chi connectivity index (χ0v) is 11.7. The fraction of sp³-hybridized carbons (Fsp3) is 0.231. The van der Waals surface area contributed by atoms with Gasteiger partial charge in [0.05, 0.1) is 6.54 Å². The van der Waals surface area contributed by atoms with Gasteiger partial charge in [0.25, 0.3) is 5.91 Å². The van der Waals surface area contributed by atoms with E-state index in [4.69, 9.17) is 11.6 Å². The van der Waals surface area contributed by atoms with Crippen LogP contribution in [0.2, 0.25) is 5.02 Å². The van der Waals surface area contributed by atoms with Gasteiger partial charge >= 0.3 is 0 Å². The van der Waals surface area contributed by atoms with Crippen LogP contribution in [0.3, 0.4) is 0 Å². The lowest BCUT2D eigenvalue weighted by molar-refractivity contribution is 0.0950. The van der Waals surface area contributed by atoms with Gasteiger partial charge in [-0.2, -0.15) is 0 Å². The number of amides is 1. The zero-order chi connectivity index (χ0) is 13.1. The molecule has 1 heterocycles. The van der Waals surface area contributed by atoms with Gasteiger partial charge in [0, 0.05) is 21.7 Å². The van der Waals surface area contributed by atoms with E-state index >= 15 is 0 Å². The van der Waals surface area contributed by atoms with Gasteiger partial charge in [0.15, 0.2) is 0 Å². The van der Waals surface area contributed by atoms with Gasteiger partial charge < -0.3 is 5.32 Å². The molecule has 1 aromatic heterocycles. The highest BCUT2D eigenvalue weighted by molar-refractivity contribution is 7.09. The van der Waals surface area contributed by atoms with Crippen LogP contribution in [0.25, 0.3) is 0 Å². The maximum absolute atomic E-state index is 12.0. The number of rotatable bonds is 3. The minimum atomic E-state index is -0.122. The van der Waals surface area contributed by atoms with Crippen LogP contribution in [-0.4, -0.2) is 10.9 Å². The van der Waals surface area contributed by atoms with Crippen LogP contribution in [-0.2, 0) is 6.54 Å². The Hall–Kier alpha value is -1.39. The first-order valence-electron chi connectivity index (χ1n) is 5.52. The van der Waals surface area contributed by atoms with Gasteiger partial charge in [-0.05, 0) is 31.5 Å². The molecule has 0 aliphatic carbocycles. The Morgan fingerprint density at radius 2 is 2.22 bits per heavy atom. The van der Waals surface area contributed by atoms with E-state index in [0.29, 0.717) is 17.1 Å². The summed E-state index contributed by atoms with van der Waals surface area (Å²) in [7, 11) is 0. The maximum atomic E-state index is 12.0. The van der Waals surface area contributed by atoms with E-state index in [1.165, 1.54) is 0 Å². The summed E-state index contributed by atoms with van der Waals surface area (Å²) in [5.41, 5.74) is 2.38. The average Bonchev–Trinajstić information content (AvgIpc) is 2.76. The standard InChI is InChI=1S/C13H13ClN2OS/c1-8-7-18-12(16-8)6-15-13(17)10-4-3-5-11(14)9(10)2/h3-5,7H,6H2,1-2H3,(H,15,17). The Morgan fingerprint density at radius 1 is 1.44 bits per heavy atom. The number of hydrogen-bond donors (Lipinski definition) is 1. The van der Waals surface area contributed by atoms with E-state index in [0.717, 1.165) is 16.3 Å². The molecular weight excluding hydrogens is 268 g/mol. The number of halogens is 1. The highest BCUT2D eigenvalue weighted by Gasteiger charge is 2.11. The van der Waals surface area contributed by atoms with Crippen LogP contribution in [0, 0.1) is 13.8 Å². The molecule has 0 saturated heterocycles. The van der Waals surface area contributed by atoms with Crippen molar-refractivity contribution in [2.45, 2.75) is 20.4 Å². The molecule has 1 aromatic carbocycles. The minimum Gasteiger partial charge on any atom is -0.346 e. The van der Waals surface area contributed by atoms with Crippen molar-refractivity contribution in [2.24, 2.45) is 0 Å². The number of carbonyl (C=O) groups is 1. The van der Waals surface area contributed by atoms with Gasteiger partial charge in [0.1, 0.15) is 5.01 Å². The third-order valence-electron chi connectivity index (χ3n) is 2.58. The zero-order valence-electron chi connectivity index (χ0n) is 10.2. The summed E-state index contributed by atoms with van der Waals surface area (Å²) in [6.45, 7) is 4.22. The molecule has 0 spiro atoms. The summed E-state index contributed by atoms with van der Waals surface area (Å²) in [4.78, 5) is 16.3. The molecule has 3 nitrogen and oxygen atoms in total.